The fraction of sp³-hybridized carbons (Fsp3) is 0.500. The van der Waals surface area contributed by atoms with Crippen LogP contribution < -0.4 is 4.74 Å². The summed E-state index contributed by atoms with van der Waals surface area (Å²) < 4.78 is 7.94. The highest BCUT2D eigenvalue weighted by molar-refractivity contribution is 5.86. The van der Waals surface area contributed by atoms with Gasteiger partial charge in [-0.05, 0) is 38.0 Å². The predicted octanol–water partition coefficient (Wildman–Crippen LogP) is 3.59. The highest BCUT2D eigenvalue weighted by atomic mass is 16.5. The van der Waals surface area contributed by atoms with E-state index in [0.717, 1.165) is 31.6 Å². The van der Waals surface area contributed by atoms with Crippen LogP contribution in [0, 0.1) is 0 Å². The smallest absolute Gasteiger partial charge is 0.128 e. The normalized spacial score (nSPS) is 11.1. The van der Waals surface area contributed by atoms with Crippen LogP contribution in [-0.2, 0) is 6.54 Å². The van der Waals surface area contributed by atoms with E-state index in [1.165, 1.54) is 17.3 Å². The van der Waals surface area contributed by atoms with Crippen LogP contribution in [0.3, 0.4) is 0 Å². The highest BCUT2D eigenvalue weighted by Gasteiger charge is 2.05. The lowest BCUT2D eigenvalue weighted by molar-refractivity contribution is 0.282. The fourth-order valence-corrected chi connectivity index (χ4v) is 2.42. The summed E-state index contributed by atoms with van der Waals surface area (Å²) in [5.41, 5.74) is 1.24. The Kier molecular flexibility index (Phi) is 5.28. The van der Waals surface area contributed by atoms with Gasteiger partial charge in [0.05, 0.1) is 12.1 Å². The Balaban J connectivity index is 2.02. The van der Waals surface area contributed by atoms with Crippen LogP contribution in [0.4, 0.5) is 0 Å². The first-order chi connectivity index (χ1) is 9.36. The van der Waals surface area contributed by atoms with Gasteiger partial charge in [0.1, 0.15) is 5.75 Å². The van der Waals surface area contributed by atoms with Crippen molar-refractivity contribution < 1.29 is 9.84 Å². The Hall–Kier alpha value is -1.48. The summed E-state index contributed by atoms with van der Waals surface area (Å²) in [7, 11) is 0. The summed E-state index contributed by atoms with van der Waals surface area (Å²) >= 11 is 0. The Labute approximate surface area is 114 Å². The number of aliphatic hydroxyl groups excluding tert-OH is 1. The van der Waals surface area contributed by atoms with Crippen molar-refractivity contribution in [3.63, 3.8) is 0 Å². The zero-order valence-corrected chi connectivity index (χ0v) is 11.6. The molecule has 0 spiro atoms. The largest absolute Gasteiger partial charge is 0.493 e. The number of nitrogens with zero attached hydrogens (tertiary/aromatic N) is 1. The van der Waals surface area contributed by atoms with Gasteiger partial charge in [0, 0.05) is 24.7 Å². The van der Waals surface area contributed by atoms with Gasteiger partial charge in [-0.25, -0.2) is 0 Å². The average molecular weight is 261 g/mol. The van der Waals surface area contributed by atoms with Crippen molar-refractivity contribution >= 4 is 10.9 Å². The minimum Gasteiger partial charge on any atom is -0.493 e. The maximum Gasteiger partial charge on any atom is 0.128 e. The van der Waals surface area contributed by atoms with Crippen LogP contribution >= 0.6 is 0 Å². The molecule has 0 amide bonds. The summed E-state index contributed by atoms with van der Waals surface area (Å²) in [5.74, 6) is 0.971. The molecule has 1 aromatic heterocycles. The van der Waals surface area contributed by atoms with E-state index < -0.39 is 0 Å². The third-order valence-electron chi connectivity index (χ3n) is 3.38. The fourth-order valence-electron chi connectivity index (χ4n) is 2.42. The van der Waals surface area contributed by atoms with E-state index >= 15 is 0 Å². The van der Waals surface area contributed by atoms with Gasteiger partial charge in [0.25, 0.3) is 0 Å². The van der Waals surface area contributed by atoms with Gasteiger partial charge in [-0.3, -0.25) is 0 Å². The maximum absolute atomic E-state index is 8.75. The number of aliphatic hydroxyl groups is 1. The van der Waals surface area contributed by atoms with E-state index in [1.807, 2.05) is 13.0 Å². The van der Waals surface area contributed by atoms with E-state index in [0.29, 0.717) is 13.2 Å². The molecule has 104 valence electrons. The monoisotopic (exact) mass is 261 g/mol. The first-order valence-electron chi connectivity index (χ1n) is 7.18. The molecule has 0 unspecified atom stereocenters. The van der Waals surface area contributed by atoms with E-state index in [-0.39, 0.29) is 0 Å². The summed E-state index contributed by atoms with van der Waals surface area (Å²) in [6, 6.07) is 8.35. The van der Waals surface area contributed by atoms with E-state index in [2.05, 4.69) is 29.0 Å². The van der Waals surface area contributed by atoms with E-state index in [1.54, 1.807) is 0 Å². The lowest BCUT2D eigenvalue weighted by atomic mass is 10.2. The summed E-state index contributed by atoms with van der Waals surface area (Å²) in [4.78, 5) is 0. The SMILES string of the molecule is CCOc1cccc2c1ccn2CCCCCCO. The molecule has 0 radical (unpaired) electrons. The molecule has 0 aliphatic heterocycles. The highest BCUT2D eigenvalue weighted by Crippen LogP contribution is 2.26. The van der Waals surface area contributed by atoms with E-state index in [9.17, 15) is 0 Å². The van der Waals surface area contributed by atoms with Crippen LogP contribution in [0.2, 0.25) is 0 Å². The standard InChI is InChI=1S/C16H23NO2/c1-2-19-16-9-7-8-15-14(16)10-12-17(15)11-5-3-4-6-13-18/h7-10,12,18H,2-6,11,13H2,1H3. The zero-order valence-electron chi connectivity index (χ0n) is 11.6. The van der Waals surface area contributed by atoms with Crippen LogP contribution in [0.15, 0.2) is 30.5 Å². The van der Waals surface area contributed by atoms with E-state index in [4.69, 9.17) is 9.84 Å². The first kappa shape index (κ1) is 13.9. The lowest BCUT2D eigenvalue weighted by Crippen LogP contribution is -1.97. The molecule has 19 heavy (non-hydrogen) atoms. The summed E-state index contributed by atoms with van der Waals surface area (Å²) in [6.07, 6.45) is 6.49. The van der Waals surface area contributed by atoms with Crippen molar-refractivity contribution in [1.82, 2.24) is 4.57 Å². The molecule has 0 saturated carbocycles. The van der Waals surface area contributed by atoms with Crippen LogP contribution in [-0.4, -0.2) is 22.9 Å². The van der Waals surface area contributed by atoms with Crippen molar-refractivity contribution in [2.75, 3.05) is 13.2 Å². The number of hydrogen-bond donors (Lipinski definition) is 1. The predicted molar refractivity (Wildman–Crippen MR) is 78.7 cm³/mol. The molecule has 2 aromatic rings. The third kappa shape index (κ3) is 3.51. The molecule has 0 fully saturated rings. The molecule has 1 aromatic carbocycles. The van der Waals surface area contributed by atoms with Crippen LogP contribution in [0.25, 0.3) is 10.9 Å². The molecule has 2 rings (SSSR count). The summed E-state index contributed by atoms with van der Waals surface area (Å²) in [5, 5.41) is 9.95. The molecule has 0 atom stereocenters. The third-order valence-corrected chi connectivity index (χ3v) is 3.38. The van der Waals surface area contributed by atoms with Gasteiger partial charge < -0.3 is 14.4 Å². The molecular formula is C16H23NO2. The van der Waals surface area contributed by atoms with Crippen molar-refractivity contribution in [3.05, 3.63) is 30.5 Å². The minimum atomic E-state index is 0.310. The van der Waals surface area contributed by atoms with Gasteiger partial charge in [0.2, 0.25) is 0 Å². The number of benzene rings is 1. The molecule has 3 heteroatoms. The zero-order chi connectivity index (χ0) is 13.5. The topological polar surface area (TPSA) is 34.4 Å². The van der Waals surface area contributed by atoms with Crippen LogP contribution in [0.1, 0.15) is 32.6 Å². The Morgan fingerprint density at radius 1 is 1.11 bits per heavy atom. The van der Waals surface area contributed by atoms with Gasteiger partial charge in [-0.1, -0.05) is 18.9 Å². The molecule has 0 saturated heterocycles. The number of fused-ring (bicyclic) bond motifs is 1. The van der Waals surface area contributed by atoms with Crippen molar-refractivity contribution in [2.24, 2.45) is 0 Å². The van der Waals surface area contributed by atoms with Crippen LogP contribution in [0.5, 0.6) is 5.75 Å². The van der Waals surface area contributed by atoms with Crippen molar-refractivity contribution in [2.45, 2.75) is 39.2 Å². The van der Waals surface area contributed by atoms with Gasteiger partial charge in [-0.2, -0.15) is 0 Å². The summed E-state index contributed by atoms with van der Waals surface area (Å²) in [6.45, 7) is 4.05. The van der Waals surface area contributed by atoms with Gasteiger partial charge >= 0.3 is 0 Å². The molecular weight excluding hydrogens is 238 g/mol. The number of aryl methyl sites for hydroxylation is 1. The minimum absolute atomic E-state index is 0.310. The molecule has 3 nitrogen and oxygen atoms in total. The van der Waals surface area contributed by atoms with Gasteiger partial charge in [-0.15, -0.1) is 0 Å². The quantitative estimate of drug-likeness (QED) is 0.737. The molecule has 1 heterocycles. The molecule has 0 bridgehead atoms. The lowest BCUT2D eigenvalue weighted by Gasteiger charge is -2.07. The maximum atomic E-state index is 8.75. The van der Waals surface area contributed by atoms with Crippen molar-refractivity contribution in [1.29, 1.82) is 0 Å². The Morgan fingerprint density at radius 3 is 2.74 bits per heavy atom. The second kappa shape index (κ2) is 7.19. The number of hydrogen-bond acceptors (Lipinski definition) is 2. The number of rotatable bonds is 8. The molecule has 1 N–H and O–H groups in total. The molecule has 0 aliphatic carbocycles. The van der Waals surface area contributed by atoms with Gasteiger partial charge in [0.15, 0.2) is 0 Å². The first-order valence-corrected chi connectivity index (χ1v) is 7.18. The second-order valence-electron chi connectivity index (χ2n) is 4.77. The molecule has 0 aliphatic rings. The number of unbranched alkanes of at least 4 members (excludes halogenated alkanes) is 3. The Bertz CT molecular complexity index is 504. The second-order valence-corrected chi connectivity index (χ2v) is 4.77. The van der Waals surface area contributed by atoms with Crippen molar-refractivity contribution in [3.8, 4) is 5.75 Å². The number of aromatic nitrogens is 1. The average Bonchev–Trinajstić information content (AvgIpc) is 2.83. The Morgan fingerprint density at radius 2 is 1.95 bits per heavy atom. The number of ether oxygens (including phenoxy) is 1.